The summed E-state index contributed by atoms with van der Waals surface area (Å²) >= 11 is 0. The highest BCUT2D eigenvalue weighted by atomic mass is 16.2. The number of nitrogens with zero attached hydrogens (tertiary/aromatic N) is 2. The zero-order valence-corrected chi connectivity index (χ0v) is 15.0. The number of carbonyl (C=O) groups excluding carboxylic acids is 1. The van der Waals surface area contributed by atoms with Crippen molar-refractivity contribution in [3.63, 3.8) is 0 Å². The standard InChI is InChI=1S/C21H22N4O2/c26-20-18-15-24(21(27)22-13-11-16-7-3-1-4-8-16)14-12-19(18)23-25(20)17-9-5-2-6-10-17/h1-10,23H,11-15H2,(H,22,27). The minimum atomic E-state index is -0.122. The van der Waals surface area contributed by atoms with Gasteiger partial charge in [-0.15, -0.1) is 0 Å². The molecule has 1 aromatic heterocycles. The number of H-pyrrole nitrogens is 1. The molecule has 2 aromatic carbocycles. The van der Waals surface area contributed by atoms with Crippen molar-refractivity contribution in [2.45, 2.75) is 19.4 Å². The van der Waals surface area contributed by atoms with Crippen molar-refractivity contribution in [3.05, 3.63) is 87.8 Å². The van der Waals surface area contributed by atoms with Crippen LogP contribution in [0.3, 0.4) is 0 Å². The molecule has 138 valence electrons. The summed E-state index contributed by atoms with van der Waals surface area (Å²) < 4.78 is 1.56. The Bertz CT molecular complexity index is 976. The van der Waals surface area contributed by atoms with Crippen LogP contribution in [0.4, 0.5) is 4.79 Å². The summed E-state index contributed by atoms with van der Waals surface area (Å²) in [6, 6.07) is 19.4. The first kappa shape index (κ1) is 17.1. The minimum Gasteiger partial charge on any atom is -0.338 e. The summed E-state index contributed by atoms with van der Waals surface area (Å²) in [4.78, 5) is 26.9. The Morgan fingerprint density at radius 3 is 2.48 bits per heavy atom. The molecule has 2 amide bonds. The molecule has 0 saturated heterocycles. The summed E-state index contributed by atoms with van der Waals surface area (Å²) in [7, 11) is 0. The van der Waals surface area contributed by atoms with Crippen molar-refractivity contribution < 1.29 is 4.79 Å². The topological polar surface area (TPSA) is 70.1 Å². The summed E-state index contributed by atoms with van der Waals surface area (Å²) in [6.07, 6.45) is 1.44. The van der Waals surface area contributed by atoms with Gasteiger partial charge in [0, 0.05) is 25.2 Å². The van der Waals surface area contributed by atoms with E-state index in [-0.39, 0.29) is 11.6 Å². The molecule has 0 atom stereocenters. The number of para-hydroxylation sites is 1. The Kier molecular flexibility index (Phi) is 4.78. The molecule has 0 bridgehead atoms. The van der Waals surface area contributed by atoms with E-state index in [0.29, 0.717) is 31.6 Å². The third-order valence-electron chi connectivity index (χ3n) is 4.89. The first-order valence-corrected chi connectivity index (χ1v) is 9.17. The third-order valence-corrected chi connectivity index (χ3v) is 4.89. The second kappa shape index (κ2) is 7.53. The highest BCUT2D eigenvalue weighted by Gasteiger charge is 2.25. The number of fused-ring (bicyclic) bond motifs is 1. The van der Waals surface area contributed by atoms with Gasteiger partial charge in [-0.1, -0.05) is 48.5 Å². The maximum absolute atomic E-state index is 12.8. The Balaban J connectivity index is 1.41. The molecule has 0 unspecified atom stereocenters. The van der Waals surface area contributed by atoms with Gasteiger partial charge in [-0.2, -0.15) is 0 Å². The average molecular weight is 362 g/mol. The molecular weight excluding hydrogens is 340 g/mol. The van der Waals surface area contributed by atoms with Gasteiger partial charge in [0.1, 0.15) is 0 Å². The van der Waals surface area contributed by atoms with Gasteiger partial charge in [-0.3, -0.25) is 9.89 Å². The summed E-state index contributed by atoms with van der Waals surface area (Å²) in [5.74, 6) is 0. The van der Waals surface area contributed by atoms with Crippen molar-refractivity contribution in [2.75, 3.05) is 13.1 Å². The predicted octanol–water partition coefficient (Wildman–Crippen LogP) is 2.48. The summed E-state index contributed by atoms with van der Waals surface area (Å²) in [5, 5.41) is 6.15. The lowest BCUT2D eigenvalue weighted by Crippen LogP contribution is -2.44. The molecule has 0 radical (unpaired) electrons. The first-order chi connectivity index (χ1) is 13.2. The van der Waals surface area contributed by atoms with Gasteiger partial charge in [-0.05, 0) is 24.1 Å². The molecule has 6 heteroatoms. The lowest BCUT2D eigenvalue weighted by Gasteiger charge is -2.26. The van der Waals surface area contributed by atoms with Gasteiger partial charge in [0.05, 0.1) is 17.8 Å². The van der Waals surface area contributed by atoms with Gasteiger partial charge in [0.2, 0.25) is 0 Å². The molecule has 0 fully saturated rings. The van der Waals surface area contributed by atoms with Crippen LogP contribution in [-0.2, 0) is 19.4 Å². The minimum absolute atomic E-state index is 0.0852. The van der Waals surface area contributed by atoms with E-state index >= 15 is 0 Å². The Labute approximate surface area is 157 Å². The number of amides is 2. The number of rotatable bonds is 4. The molecule has 2 N–H and O–H groups in total. The van der Waals surface area contributed by atoms with Gasteiger partial charge >= 0.3 is 6.03 Å². The van der Waals surface area contributed by atoms with Crippen LogP contribution >= 0.6 is 0 Å². The second-order valence-corrected chi connectivity index (χ2v) is 6.68. The summed E-state index contributed by atoms with van der Waals surface area (Å²) in [6.45, 7) is 1.51. The first-order valence-electron chi connectivity index (χ1n) is 9.17. The SMILES string of the molecule is O=C(NCCc1ccccc1)N1CCc2[nH]n(-c3ccccc3)c(=O)c2C1. The molecule has 27 heavy (non-hydrogen) atoms. The molecular formula is C21H22N4O2. The van der Waals surface area contributed by atoms with Gasteiger partial charge in [-0.25, -0.2) is 9.48 Å². The normalized spacial score (nSPS) is 13.3. The van der Waals surface area contributed by atoms with E-state index in [2.05, 4.69) is 10.4 Å². The molecule has 1 aliphatic heterocycles. The molecule has 1 aliphatic rings. The highest BCUT2D eigenvalue weighted by Crippen LogP contribution is 2.16. The van der Waals surface area contributed by atoms with Crippen LogP contribution in [0.1, 0.15) is 16.8 Å². The zero-order valence-electron chi connectivity index (χ0n) is 15.0. The van der Waals surface area contributed by atoms with E-state index in [1.54, 1.807) is 9.58 Å². The van der Waals surface area contributed by atoms with Crippen LogP contribution in [0.15, 0.2) is 65.5 Å². The Morgan fingerprint density at radius 2 is 1.74 bits per heavy atom. The number of hydrogen-bond donors (Lipinski definition) is 2. The monoisotopic (exact) mass is 362 g/mol. The van der Waals surface area contributed by atoms with Crippen molar-refractivity contribution in [1.82, 2.24) is 20.0 Å². The molecule has 4 rings (SSSR count). The van der Waals surface area contributed by atoms with Gasteiger partial charge in [0.15, 0.2) is 0 Å². The molecule has 0 aliphatic carbocycles. The maximum atomic E-state index is 12.8. The zero-order chi connectivity index (χ0) is 18.6. The number of hydrogen-bond acceptors (Lipinski definition) is 2. The van der Waals surface area contributed by atoms with Crippen LogP contribution in [0, 0.1) is 0 Å². The second-order valence-electron chi connectivity index (χ2n) is 6.68. The largest absolute Gasteiger partial charge is 0.338 e. The molecule has 0 saturated carbocycles. The lowest BCUT2D eigenvalue weighted by atomic mass is 10.1. The number of carbonyl (C=O) groups is 1. The molecule has 6 nitrogen and oxygen atoms in total. The van der Waals surface area contributed by atoms with Crippen LogP contribution in [0.5, 0.6) is 0 Å². The fourth-order valence-electron chi connectivity index (χ4n) is 3.41. The highest BCUT2D eigenvalue weighted by molar-refractivity contribution is 5.74. The number of aromatic nitrogens is 2. The predicted molar refractivity (Wildman–Crippen MR) is 104 cm³/mol. The average Bonchev–Trinajstić information content (AvgIpc) is 3.05. The number of benzene rings is 2. The van der Waals surface area contributed by atoms with Crippen LogP contribution in [-0.4, -0.2) is 33.8 Å². The van der Waals surface area contributed by atoms with Crippen LogP contribution in [0.2, 0.25) is 0 Å². The lowest BCUT2D eigenvalue weighted by molar-refractivity contribution is 0.192. The fraction of sp³-hybridized carbons (Fsp3) is 0.238. The van der Waals surface area contributed by atoms with Crippen LogP contribution in [0.25, 0.3) is 5.69 Å². The van der Waals surface area contributed by atoms with E-state index in [4.69, 9.17) is 0 Å². The van der Waals surface area contributed by atoms with Crippen molar-refractivity contribution in [3.8, 4) is 5.69 Å². The van der Waals surface area contributed by atoms with E-state index < -0.39 is 0 Å². The van der Waals surface area contributed by atoms with Gasteiger partial charge < -0.3 is 10.2 Å². The quantitative estimate of drug-likeness (QED) is 0.749. The van der Waals surface area contributed by atoms with Crippen molar-refractivity contribution >= 4 is 6.03 Å². The summed E-state index contributed by atoms with van der Waals surface area (Å²) in [5.41, 5.74) is 3.49. The van der Waals surface area contributed by atoms with Crippen molar-refractivity contribution in [1.29, 1.82) is 0 Å². The van der Waals surface area contributed by atoms with Crippen molar-refractivity contribution in [2.24, 2.45) is 0 Å². The van der Waals surface area contributed by atoms with Crippen LogP contribution < -0.4 is 10.9 Å². The number of nitrogens with one attached hydrogen (secondary N) is 2. The Hall–Kier alpha value is -3.28. The molecule has 3 aromatic rings. The van der Waals surface area contributed by atoms with E-state index in [1.807, 2.05) is 60.7 Å². The Morgan fingerprint density at radius 1 is 1.04 bits per heavy atom. The smallest absolute Gasteiger partial charge is 0.317 e. The fourth-order valence-corrected chi connectivity index (χ4v) is 3.41. The van der Waals surface area contributed by atoms with Gasteiger partial charge in [0.25, 0.3) is 5.56 Å². The number of aromatic amines is 1. The third kappa shape index (κ3) is 3.65. The number of urea groups is 1. The van der Waals surface area contributed by atoms with E-state index in [0.717, 1.165) is 17.8 Å². The maximum Gasteiger partial charge on any atom is 0.317 e. The van der Waals surface area contributed by atoms with E-state index in [1.165, 1.54) is 5.56 Å². The molecule has 2 heterocycles. The van der Waals surface area contributed by atoms with E-state index in [9.17, 15) is 9.59 Å². The molecule has 0 spiro atoms.